The maximum atomic E-state index is 12.3. The van der Waals surface area contributed by atoms with Crippen LogP contribution in [-0.4, -0.2) is 24.6 Å². The van der Waals surface area contributed by atoms with Gasteiger partial charge in [-0.05, 0) is 36.7 Å². The second-order valence-corrected chi connectivity index (χ2v) is 8.65. The Morgan fingerprint density at radius 2 is 2.14 bits per heavy atom. The molecule has 0 aliphatic heterocycles. The van der Waals surface area contributed by atoms with Gasteiger partial charge in [-0.3, -0.25) is 0 Å². The van der Waals surface area contributed by atoms with Crippen molar-refractivity contribution in [2.75, 3.05) is 16.8 Å². The Hall–Kier alpha value is -0.820. The fourth-order valence-corrected chi connectivity index (χ4v) is 5.72. The zero-order chi connectivity index (χ0) is 15.5. The molecule has 2 unspecified atom stereocenters. The second kappa shape index (κ2) is 6.96. The topological polar surface area (TPSA) is 85.1 Å². The number of sulfone groups is 1. The van der Waals surface area contributed by atoms with Crippen molar-refractivity contribution in [1.82, 2.24) is 4.37 Å². The molecule has 0 bridgehead atoms. The Bertz CT molecular complexity index is 569. The van der Waals surface area contributed by atoms with E-state index in [-0.39, 0.29) is 16.5 Å². The lowest BCUT2D eigenvalue weighted by atomic mass is 9.84. The van der Waals surface area contributed by atoms with E-state index in [1.807, 2.05) is 6.92 Å². The van der Waals surface area contributed by atoms with Gasteiger partial charge in [0, 0.05) is 6.04 Å². The van der Waals surface area contributed by atoms with Gasteiger partial charge in [-0.15, -0.1) is 0 Å². The highest BCUT2D eigenvalue weighted by atomic mass is 32.2. The summed E-state index contributed by atoms with van der Waals surface area (Å²) in [6.45, 7) is 4.07. The molecule has 0 saturated heterocycles. The molecule has 7 heteroatoms. The van der Waals surface area contributed by atoms with Crippen LogP contribution in [0, 0.1) is 5.92 Å². The first kappa shape index (κ1) is 16.5. The third kappa shape index (κ3) is 3.88. The number of anilines is 2. The molecule has 21 heavy (non-hydrogen) atoms. The van der Waals surface area contributed by atoms with Crippen molar-refractivity contribution in [2.45, 2.75) is 63.3 Å². The fraction of sp³-hybridized carbons (Fsp3) is 0.786. The third-order valence-electron chi connectivity index (χ3n) is 4.15. The Morgan fingerprint density at radius 1 is 1.38 bits per heavy atom. The number of nitrogens with zero attached hydrogens (tertiary/aromatic N) is 1. The van der Waals surface area contributed by atoms with Gasteiger partial charge in [0.1, 0.15) is 9.90 Å². The van der Waals surface area contributed by atoms with Crippen molar-refractivity contribution in [3.8, 4) is 0 Å². The van der Waals surface area contributed by atoms with Crippen LogP contribution in [0.4, 0.5) is 10.8 Å². The SMILES string of the molecule is CCCS(=O)(=O)c1c(N)nsc1NC1CCCC(CC)C1. The van der Waals surface area contributed by atoms with Crippen LogP contribution in [0.2, 0.25) is 0 Å². The van der Waals surface area contributed by atoms with Gasteiger partial charge in [0.2, 0.25) is 0 Å². The molecule has 2 rings (SSSR count). The monoisotopic (exact) mass is 331 g/mol. The molecule has 2 atom stereocenters. The van der Waals surface area contributed by atoms with Gasteiger partial charge in [0.25, 0.3) is 0 Å². The number of aromatic nitrogens is 1. The van der Waals surface area contributed by atoms with Crippen molar-refractivity contribution in [3.05, 3.63) is 0 Å². The predicted molar refractivity (Wildman–Crippen MR) is 88.5 cm³/mol. The summed E-state index contributed by atoms with van der Waals surface area (Å²) in [7, 11) is -3.34. The lowest BCUT2D eigenvalue weighted by molar-refractivity contribution is 0.327. The van der Waals surface area contributed by atoms with Crippen molar-refractivity contribution in [2.24, 2.45) is 5.92 Å². The van der Waals surface area contributed by atoms with E-state index in [0.717, 1.165) is 18.8 Å². The van der Waals surface area contributed by atoms with Crippen LogP contribution < -0.4 is 11.1 Å². The Morgan fingerprint density at radius 3 is 2.81 bits per heavy atom. The average molecular weight is 332 g/mol. The second-order valence-electron chi connectivity index (χ2n) is 5.83. The molecule has 1 saturated carbocycles. The molecule has 0 radical (unpaired) electrons. The van der Waals surface area contributed by atoms with E-state index in [2.05, 4.69) is 16.6 Å². The van der Waals surface area contributed by atoms with Crippen molar-refractivity contribution < 1.29 is 8.42 Å². The summed E-state index contributed by atoms with van der Waals surface area (Å²) >= 11 is 1.17. The normalized spacial score (nSPS) is 23.1. The first-order valence-corrected chi connectivity index (χ1v) is 10.1. The highest BCUT2D eigenvalue weighted by Crippen LogP contribution is 2.36. The predicted octanol–water partition coefficient (Wildman–Crippen LogP) is 3.29. The van der Waals surface area contributed by atoms with Gasteiger partial charge in [-0.25, -0.2) is 8.42 Å². The van der Waals surface area contributed by atoms with Gasteiger partial charge in [0.05, 0.1) is 5.75 Å². The van der Waals surface area contributed by atoms with E-state index in [1.165, 1.54) is 30.8 Å². The molecule has 120 valence electrons. The standard InChI is InChI=1S/C14H25N3O2S2/c1-3-8-21(18,19)12-13(15)17-20-14(12)16-11-7-5-6-10(4-2)9-11/h10-11,16H,3-9H2,1-2H3,(H2,15,17). The van der Waals surface area contributed by atoms with Crippen LogP contribution in [0.3, 0.4) is 0 Å². The average Bonchev–Trinajstić information content (AvgIpc) is 2.80. The number of hydrogen-bond acceptors (Lipinski definition) is 6. The van der Waals surface area contributed by atoms with E-state index >= 15 is 0 Å². The molecule has 1 aliphatic rings. The number of hydrogen-bond donors (Lipinski definition) is 2. The smallest absolute Gasteiger partial charge is 0.185 e. The fourth-order valence-electron chi connectivity index (χ4n) is 3.04. The maximum Gasteiger partial charge on any atom is 0.185 e. The van der Waals surface area contributed by atoms with Crippen molar-refractivity contribution >= 4 is 32.2 Å². The van der Waals surface area contributed by atoms with Gasteiger partial charge in [0.15, 0.2) is 15.7 Å². The molecule has 1 aromatic rings. The molecule has 5 nitrogen and oxygen atoms in total. The van der Waals surface area contributed by atoms with Crippen LogP contribution >= 0.6 is 11.5 Å². The van der Waals surface area contributed by atoms with Gasteiger partial charge in [-0.2, -0.15) is 4.37 Å². The van der Waals surface area contributed by atoms with Crippen LogP contribution in [0.15, 0.2) is 4.90 Å². The number of nitrogens with one attached hydrogen (secondary N) is 1. The Kier molecular flexibility index (Phi) is 5.48. The first-order valence-electron chi connectivity index (χ1n) is 7.72. The summed E-state index contributed by atoms with van der Waals surface area (Å²) < 4.78 is 28.7. The summed E-state index contributed by atoms with van der Waals surface area (Å²) in [5, 5.41) is 4.02. The highest BCUT2D eigenvalue weighted by Gasteiger charge is 2.28. The molecule has 1 aromatic heterocycles. The summed E-state index contributed by atoms with van der Waals surface area (Å²) in [5.74, 6) is 0.989. The molecule has 1 heterocycles. The molecular formula is C14H25N3O2S2. The minimum atomic E-state index is -3.34. The lowest BCUT2D eigenvalue weighted by Gasteiger charge is -2.29. The quantitative estimate of drug-likeness (QED) is 0.835. The van der Waals surface area contributed by atoms with E-state index in [0.29, 0.717) is 17.5 Å². The van der Waals surface area contributed by atoms with Crippen molar-refractivity contribution in [3.63, 3.8) is 0 Å². The molecule has 0 spiro atoms. The molecule has 3 N–H and O–H groups in total. The molecule has 1 aliphatic carbocycles. The Balaban J connectivity index is 2.18. The maximum absolute atomic E-state index is 12.3. The van der Waals surface area contributed by atoms with E-state index in [9.17, 15) is 8.42 Å². The minimum absolute atomic E-state index is 0.118. The Labute approximate surface area is 131 Å². The van der Waals surface area contributed by atoms with Crippen molar-refractivity contribution in [1.29, 1.82) is 0 Å². The minimum Gasteiger partial charge on any atom is -0.382 e. The largest absolute Gasteiger partial charge is 0.382 e. The van der Waals surface area contributed by atoms with Gasteiger partial charge < -0.3 is 11.1 Å². The van der Waals surface area contributed by atoms with Gasteiger partial charge >= 0.3 is 0 Å². The molecule has 0 aromatic carbocycles. The van der Waals surface area contributed by atoms with Crippen LogP contribution in [0.1, 0.15) is 52.4 Å². The lowest BCUT2D eigenvalue weighted by Crippen LogP contribution is -2.27. The number of rotatable bonds is 6. The first-order chi connectivity index (χ1) is 9.97. The summed E-state index contributed by atoms with van der Waals surface area (Å²) in [6.07, 6.45) is 6.42. The van der Waals surface area contributed by atoms with Crippen LogP contribution in [0.25, 0.3) is 0 Å². The summed E-state index contributed by atoms with van der Waals surface area (Å²) in [6, 6.07) is 0.333. The highest BCUT2D eigenvalue weighted by molar-refractivity contribution is 7.91. The van der Waals surface area contributed by atoms with E-state index in [1.54, 1.807) is 0 Å². The molecule has 0 amide bonds. The summed E-state index contributed by atoms with van der Waals surface area (Å²) in [5.41, 5.74) is 5.80. The molecular weight excluding hydrogens is 306 g/mol. The van der Waals surface area contributed by atoms with Crippen LogP contribution in [-0.2, 0) is 9.84 Å². The van der Waals surface area contributed by atoms with Crippen LogP contribution in [0.5, 0.6) is 0 Å². The van der Waals surface area contributed by atoms with E-state index in [4.69, 9.17) is 5.73 Å². The summed E-state index contributed by atoms with van der Waals surface area (Å²) in [4.78, 5) is 0.216. The zero-order valence-corrected chi connectivity index (χ0v) is 14.4. The zero-order valence-electron chi connectivity index (χ0n) is 12.8. The van der Waals surface area contributed by atoms with Gasteiger partial charge in [-0.1, -0.05) is 33.1 Å². The molecule has 1 fully saturated rings. The van der Waals surface area contributed by atoms with E-state index < -0.39 is 9.84 Å². The number of nitrogen functional groups attached to an aromatic ring is 1. The number of nitrogens with two attached hydrogens (primary N) is 1. The third-order valence-corrected chi connectivity index (χ3v) is 7.06.